The van der Waals surface area contributed by atoms with Crippen LogP contribution in [0.2, 0.25) is 0 Å². The quantitative estimate of drug-likeness (QED) is 0.0818. The summed E-state index contributed by atoms with van der Waals surface area (Å²) in [4.78, 5) is 52.9. The molecule has 4 aromatic rings. The van der Waals surface area contributed by atoms with Crippen molar-refractivity contribution >= 4 is 34.4 Å². The van der Waals surface area contributed by atoms with E-state index in [2.05, 4.69) is 25.7 Å². The zero-order chi connectivity index (χ0) is 38.1. The van der Waals surface area contributed by atoms with Crippen LogP contribution in [0, 0.1) is 6.92 Å². The monoisotopic (exact) mass is 737 g/mol. The predicted octanol–water partition coefficient (Wildman–Crippen LogP) is 4.24. The number of hydrogen-bond donors (Lipinski definition) is 6. The Kier molecular flexibility index (Phi) is 12.9. The first-order chi connectivity index (χ1) is 25.3. The summed E-state index contributed by atoms with van der Waals surface area (Å²) in [6.45, 7) is 4.17. The first-order valence-corrected chi connectivity index (χ1v) is 17.3. The number of fused-ring (bicyclic) bond motifs is 1. The van der Waals surface area contributed by atoms with Crippen molar-refractivity contribution < 1.29 is 42.5 Å². The second-order valence-electron chi connectivity index (χ2n) is 13.0. The molecule has 1 fully saturated rings. The molecule has 1 atom stereocenters. The van der Waals surface area contributed by atoms with Crippen LogP contribution in [0.4, 0.5) is 18.9 Å². The van der Waals surface area contributed by atoms with Gasteiger partial charge in [0.1, 0.15) is 11.9 Å². The number of benzene rings is 3. The van der Waals surface area contributed by atoms with E-state index in [9.17, 15) is 42.6 Å². The number of aromatic amines is 1. The molecule has 12 nitrogen and oxygen atoms in total. The molecule has 0 saturated carbocycles. The summed E-state index contributed by atoms with van der Waals surface area (Å²) >= 11 is 0. The van der Waals surface area contributed by atoms with Crippen molar-refractivity contribution in [2.24, 2.45) is 0 Å². The van der Waals surface area contributed by atoms with Crippen LogP contribution in [0.15, 0.2) is 71.5 Å². The van der Waals surface area contributed by atoms with E-state index in [0.29, 0.717) is 54.8 Å². The van der Waals surface area contributed by atoms with Crippen molar-refractivity contribution in [3.8, 4) is 5.75 Å². The number of nitrogens with one attached hydrogen (secondary N) is 4. The molecule has 15 heteroatoms. The molecule has 0 aliphatic carbocycles. The number of phenolic OH excluding ortho intramolecular Hbond substituents is 1. The molecule has 3 aromatic carbocycles. The molecule has 6 N–H and O–H groups in total. The molecule has 5 rings (SSSR count). The normalized spacial score (nSPS) is 14.5. The van der Waals surface area contributed by atoms with Gasteiger partial charge in [-0.1, -0.05) is 24.3 Å². The fourth-order valence-corrected chi connectivity index (χ4v) is 6.10. The van der Waals surface area contributed by atoms with E-state index in [-0.39, 0.29) is 61.0 Å². The summed E-state index contributed by atoms with van der Waals surface area (Å²) < 4.78 is 41.8. The van der Waals surface area contributed by atoms with Gasteiger partial charge in [0.05, 0.1) is 11.6 Å². The standard InChI is InChI=1S/C38H42F3N5O7/c1-23-2-5-25(20-26(23)21-43-33(49)15-19-46-17-13-28(14-18-46)53-37(52)38(39,40)41)36(51)44-27-6-3-24(4-7-27)12-16-42-22-32(48)29-8-10-31(47)35-30(29)9-11-34(50)45-35/h2-11,20,28,32,42,47-48H,12-19,21-22H2,1H3,(H,43,49)(H,44,51)(H,45,50)/t32-/m0/s1. The summed E-state index contributed by atoms with van der Waals surface area (Å²) in [7, 11) is 0. The highest BCUT2D eigenvalue weighted by atomic mass is 19.4. The second-order valence-corrected chi connectivity index (χ2v) is 13.0. The number of nitrogens with zero attached hydrogens (tertiary/aromatic N) is 1. The number of aromatic nitrogens is 1. The Morgan fingerprint density at radius 3 is 2.47 bits per heavy atom. The summed E-state index contributed by atoms with van der Waals surface area (Å²) in [5.74, 6) is -2.77. The molecule has 1 saturated heterocycles. The van der Waals surface area contributed by atoms with Gasteiger partial charge >= 0.3 is 12.1 Å². The second kappa shape index (κ2) is 17.5. The Bertz CT molecular complexity index is 1980. The lowest BCUT2D eigenvalue weighted by Crippen LogP contribution is -2.41. The van der Waals surface area contributed by atoms with E-state index in [1.54, 1.807) is 36.4 Å². The highest BCUT2D eigenvalue weighted by Crippen LogP contribution is 2.28. The lowest BCUT2D eigenvalue weighted by molar-refractivity contribution is -0.206. The molecule has 0 bridgehead atoms. The van der Waals surface area contributed by atoms with Gasteiger partial charge in [-0.15, -0.1) is 0 Å². The summed E-state index contributed by atoms with van der Waals surface area (Å²) in [5, 5.41) is 30.4. The van der Waals surface area contributed by atoms with Crippen molar-refractivity contribution in [2.45, 2.75) is 57.5 Å². The summed E-state index contributed by atoms with van der Waals surface area (Å²) in [6.07, 6.45) is -5.30. The van der Waals surface area contributed by atoms with E-state index in [1.165, 1.54) is 12.1 Å². The van der Waals surface area contributed by atoms with Gasteiger partial charge in [0.25, 0.3) is 5.91 Å². The topological polar surface area (TPSA) is 173 Å². The van der Waals surface area contributed by atoms with Crippen LogP contribution in [-0.4, -0.2) is 82.9 Å². The maximum absolute atomic E-state index is 13.1. The van der Waals surface area contributed by atoms with E-state index in [0.717, 1.165) is 16.7 Å². The van der Waals surface area contributed by atoms with Gasteiger partial charge < -0.3 is 40.8 Å². The van der Waals surface area contributed by atoms with Gasteiger partial charge in [-0.3, -0.25) is 14.4 Å². The third-order valence-electron chi connectivity index (χ3n) is 9.19. The number of aromatic hydroxyl groups is 1. The Balaban J connectivity index is 1.02. The molecule has 282 valence electrons. The number of pyridine rings is 1. The van der Waals surface area contributed by atoms with Crippen molar-refractivity contribution in [3.63, 3.8) is 0 Å². The van der Waals surface area contributed by atoms with E-state index >= 15 is 0 Å². The molecule has 0 radical (unpaired) electrons. The fourth-order valence-electron chi connectivity index (χ4n) is 6.10. The zero-order valence-electron chi connectivity index (χ0n) is 29.1. The van der Waals surface area contributed by atoms with E-state index in [1.807, 2.05) is 30.0 Å². The van der Waals surface area contributed by atoms with E-state index in [4.69, 9.17) is 0 Å². The highest BCUT2D eigenvalue weighted by Gasteiger charge is 2.42. The van der Waals surface area contributed by atoms with Gasteiger partial charge in [-0.25, -0.2) is 4.79 Å². The number of amides is 2. The number of phenols is 1. The Morgan fingerprint density at radius 1 is 1.02 bits per heavy atom. The third-order valence-corrected chi connectivity index (χ3v) is 9.19. The number of anilines is 1. The summed E-state index contributed by atoms with van der Waals surface area (Å²) in [6, 6.07) is 18.6. The van der Waals surface area contributed by atoms with Crippen LogP contribution < -0.4 is 21.5 Å². The largest absolute Gasteiger partial charge is 0.506 e. The van der Waals surface area contributed by atoms with Gasteiger partial charge in [-0.2, -0.15) is 13.2 Å². The first kappa shape index (κ1) is 39.0. The van der Waals surface area contributed by atoms with Gasteiger partial charge in [0.15, 0.2) is 0 Å². The number of hydrogen-bond acceptors (Lipinski definition) is 9. The van der Waals surface area contributed by atoms with Crippen molar-refractivity contribution in [2.75, 3.05) is 38.0 Å². The molecule has 2 amide bonds. The van der Waals surface area contributed by atoms with Crippen molar-refractivity contribution in [1.82, 2.24) is 20.5 Å². The van der Waals surface area contributed by atoms with Gasteiger partial charge in [0, 0.05) is 61.8 Å². The number of aliphatic hydroxyl groups excluding tert-OH is 1. The Hall–Kier alpha value is -5.25. The molecule has 53 heavy (non-hydrogen) atoms. The average Bonchev–Trinajstić information content (AvgIpc) is 3.13. The minimum atomic E-state index is -5.01. The number of esters is 1. The van der Waals surface area contributed by atoms with Crippen molar-refractivity contribution in [3.05, 3.63) is 105 Å². The number of piperidine rings is 1. The fraction of sp³-hybridized carbons (Fsp3) is 0.368. The number of likely N-dealkylation sites (tertiary alicyclic amines) is 1. The number of rotatable bonds is 14. The number of carbonyl (C=O) groups excluding carboxylic acids is 3. The molecule has 1 aliphatic rings. The minimum Gasteiger partial charge on any atom is -0.506 e. The molecule has 1 aliphatic heterocycles. The highest BCUT2D eigenvalue weighted by molar-refractivity contribution is 6.04. The molecule has 1 aromatic heterocycles. The average molecular weight is 738 g/mol. The number of aryl methyl sites for hydroxylation is 1. The lowest BCUT2D eigenvalue weighted by atomic mass is 10.0. The molecular formula is C38H42F3N5O7. The predicted molar refractivity (Wildman–Crippen MR) is 191 cm³/mol. The van der Waals surface area contributed by atoms with Crippen LogP contribution in [0.3, 0.4) is 0 Å². The number of aliphatic hydroxyl groups is 1. The number of alkyl halides is 3. The van der Waals surface area contributed by atoms with Crippen LogP contribution >= 0.6 is 0 Å². The Morgan fingerprint density at radius 2 is 1.75 bits per heavy atom. The Labute approximate surface area is 303 Å². The van der Waals surface area contributed by atoms with Crippen molar-refractivity contribution in [1.29, 1.82) is 0 Å². The third kappa shape index (κ3) is 10.9. The maximum Gasteiger partial charge on any atom is 0.490 e. The molecule has 0 spiro atoms. The number of H-pyrrole nitrogens is 1. The first-order valence-electron chi connectivity index (χ1n) is 17.3. The zero-order valence-corrected chi connectivity index (χ0v) is 29.1. The minimum absolute atomic E-state index is 0.0699. The molecule has 2 heterocycles. The molecule has 0 unspecified atom stereocenters. The SMILES string of the molecule is Cc1ccc(C(=O)Nc2ccc(CCNC[C@H](O)c3ccc(O)c4[nH]c(=O)ccc34)cc2)cc1CNC(=O)CCN1CCC(OC(=O)C(F)(F)F)CC1. The number of carbonyl (C=O) groups is 3. The molecular weight excluding hydrogens is 695 g/mol. The van der Waals surface area contributed by atoms with Crippen LogP contribution in [-0.2, 0) is 27.3 Å². The van der Waals surface area contributed by atoms with Gasteiger partial charge in [-0.05, 0) is 91.4 Å². The van der Waals surface area contributed by atoms with Crippen LogP contribution in [0.5, 0.6) is 5.75 Å². The van der Waals surface area contributed by atoms with Gasteiger partial charge in [0.2, 0.25) is 11.5 Å². The number of ether oxygens (including phenoxy) is 1. The maximum atomic E-state index is 13.1. The van der Waals surface area contributed by atoms with Crippen LogP contribution in [0.25, 0.3) is 10.9 Å². The van der Waals surface area contributed by atoms with Crippen LogP contribution in [0.1, 0.15) is 58.0 Å². The smallest absolute Gasteiger partial charge is 0.490 e. The lowest BCUT2D eigenvalue weighted by Gasteiger charge is -2.31. The van der Waals surface area contributed by atoms with E-state index < -0.39 is 24.4 Å². The summed E-state index contributed by atoms with van der Waals surface area (Å²) in [5.41, 5.74) is 4.24. The number of halogens is 3.